The molecule has 0 spiro atoms. The largest absolute Gasteiger partial charge is 0.398 e. The van der Waals surface area contributed by atoms with Crippen molar-refractivity contribution in [1.82, 2.24) is 0 Å². The van der Waals surface area contributed by atoms with Gasteiger partial charge < -0.3 is 11.1 Å². The Balaban J connectivity index is 2.08. The minimum absolute atomic E-state index is 0.0176. The quantitative estimate of drug-likeness (QED) is 0.665. The van der Waals surface area contributed by atoms with Crippen molar-refractivity contribution in [1.29, 1.82) is 0 Å². The van der Waals surface area contributed by atoms with Crippen molar-refractivity contribution < 1.29 is 4.79 Å². The number of Topliss-reactive ketones (excluding diaryl/α,β-unsaturated/α-hetero) is 1. The van der Waals surface area contributed by atoms with E-state index in [2.05, 4.69) is 27.3 Å². The number of halogens is 1. The number of rotatable bonds is 4. The lowest BCUT2D eigenvalue weighted by Gasteiger charge is -2.09. The molecular formula is C15H15BrN2O. The van der Waals surface area contributed by atoms with Crippen molar-refractivity contribution in [3.8, 4) is 0 Å². The second kappa shape index (κ2) is 5.89. The zero-order chi connectivity index (χ0) is 13.8. The fourth-order valence-corrected chi connectivity index (χ4v) is 2.29. The van der Waals surface area contributed by atoms with Crippen LogP contribution in [0.5, 0.6) is 0 Å². The van der Waals surface area contributed by atoms with Gasteiger partial charge in [0.1, 0.15) is 0 Å². The molecule has 3 N–H and O–H groups in total. The first-order chi connectivity index (χ1) is 9.06. The molecule has 2 aromatic carbocycles. The molecule has 2 rings (SSSR count). The van der Waals surface area contributed by atoms with Gasteiger partial charge in [-0.25, -0.2) is 0 Å². The van der Waals surface area contributed by atoms with Gasteiger partial charge in [0.2, 0.25) is 0 Å². The van der Waals surface area contributed by atoms with Crippen LogP contribution in [0.2, 0.25) is 0 Å². The normalized spacial score (nSPS) is 10.2. The van der Waals surface area contributed by atoms with Crippen molar-refractivity contribution in [2.75, 3.05) is 11.1 Å². The summed E-state index contributed by atoms with van der Waals surface area (Å²) in [5, 5.41) is 3.28. The summed E-state index contributed by atoms with van der Waals surface area (Å²) in [6, 6.07) is 13.5. The highest BCUT2D eigenvalue weighted by molar-refractivity contribution is 9.10. The first-order valence-corrected chi connectivity index (χ1v) is 6.74. The van der Waals surface area contributed by atoms with Gasteiger partial charge in [0.05, 0.1) is 0 Å². The number of benzene rings is 2. The van der Waals surface area contributed by atoms with Gasteiger partial charge in [0.25, 0.3) is 0 Å². The highest BCUT2D eigenvalue weighted by Crippen LogP contribution is 2.19. The molecule has 0 heterocycles. The maximum atomic E-state index is 11.3. The van der Waals surface area contributed by atoms with E-state index in [4.69, 9.17) is 5.73 Å². The lowest BCUT2D eigenvalue weighted by Crippen LogP contribution is -2.03. The van der Waals surface area contributed by atoms with Crippen molar-refractivity contribution in [3.05, 3.63) is 58.1 Å². The van der Waals surface area contributed by atoms with E-state index in [0.717, 1.165) is 10.2 Å². The number of nitrogens with two attached hydrogens (primary N) is 1. The van der Waals surface area contributed by atoms with E-state index in [1.165, 1.54) is 12.5 Å². The van der Waals surface area contributed by atoms with E-state index in [-0.39, 0.29) is 5.78 Å². The summed E-state index contributed by atoms with van der Waals surface area (Å²) >= 11 is 3.44. The Hall–Kier alpha value is -1.81. The van der Waals surface area contributed by atoms with Crippen LogP contribution < -0.4 is 11.1 Å². The number of nitrogen functional groups attached to an aromatic ring is 1. The monoisotopic (exact) mass is 318 g/mol. The molecule has 0 aromatic heterocycles. The van der Waals surface area contributed by atoms with Gasteiger partial charge in [-0.15, -0.1) is 0 Å². The summed E-state index contributed by atoms with van der Waals surface area (Å²) in [7, 11) is 0. The van der Waals surface area contributed by atoms with Crippen LogP contribution in [-0.2, 0) is 6.54 Å². The summed E-state index contributed by atoms with van der Waals surface area (Å²) in [4.78, 5) is 11.3. The SMILES string of the molecule is CC(=O)c1ccc(NCc2cccc(Br)c2)cc1N. The van der Waals surface area contributed by atoms with Crippen LogP contribution in [0, 0.1) is 0 Å². The lowest BCUT2D eigenvalue weighted by atomic mass is 10.1. The summed E-state index contributed by atoms with van der Waals surface area (Å²) in [6.07, 6.45) is 0. The minimum atomic E-state index is -0.0176. The first kappa shape index (κ1) is 13.6. The maximum Gasteiger partial charge on any atom is 0.161 e. The highest BCUT2D eigenvalue weighted by Gasteiger charge is 2.05. The van der Waals surface area contributed by atoms with Crippen LogP contribution in [0.1, 0.15) is 22.8 Å². The molecule has 0 radical (unpaired) electrons. The second-order valence-corrected chi connectivity index (χ2v) is 5.26. The zero-order valence-corrected chi connectivity index (χ0v) is 12.2. The topological polar surface area (TPSA) is 55.1 Å². The Labute approximate surface area is 121 Å². The molecule has 2 aromatic rings. The second-order valence-electron chi connectivity index (χ2n) is 4.34. The lowest BCUT2D eigenvalue weighted by molar-refractivity contribution is 0.101. The number of hydrogen-bond donors (Lipinski definition) is 2. The number of carbonyl (C=O) groups excluding carboxylic acids is 1. The van der Waals surface area contributed by atoms with Gasteiger partial charge in [0, 0.05) is 28.0 Å². The predicted molar refractivity (Wildman–Crippen MR) is 82.3 cm³/mol. The number of nitrogens with one attached hydrogen (secondary N) is 1. The van der Waals surface area contributed by atoms with Crippen LogP contribution in [0.4, 0.5) is 11.4 Å². The molecule has 0 aliphatic carbocycles. The van der Waals surface area contributed by atoms with Crippen molar-refractivity contribution in [2.45, 2.75) is 13.5 Å². The average molecular weight is 319 g/mol. The Bertz CT molecular complexity index is 611. The molecule has 0 unspecified atom stereocenters. The van der Waals surface area contributed by atoms with Crippen molar-refractivity contribution in [3.63, 3.8) is 0 Å². The first-order valence-electron chi connectivity index (χ1n) is 5.95. The van der Waals surface area contributed by atoms with Gasteiger partial charge in [-0.1, -0.05) is 28.1 Å². The van der Waals surface area contributed by atoms with Gasteiger partial charge in [0.15, 0.2) is 5.78 Å². The Kier molecular flexibility index (Phi) is 4.22. The molecule has 0 amide bonds. The standard InChI is InChI=1S/C15H15BrN2O/c1-10(19)14-6-5-13(8-15(14)17)18-9-11-3-2-4-12(16)7-11/h2-8,18H,9,17H2,1H3. The third-order valence-corrected chi connectivity index (χ3v) is 3.31. The van der Waals surface area contributed by atoms with Gasteiger partial charge in [-0.2, -0.15) is 0 Å². The molecule has 3 nitrogen and oxygen atoms in total. The fourth-order valence-electron chi connectivity index (χ4n) is 1.84. The highest BCUT2D eigenvalue weighted by atomic mass is 79.9. The maximum absolute atomic E-state index is 11.3. The Morgan fingerprint density at radius 1 is 1.26 bits per heavy atom. The van der Waals surface area contributed by atoms with Crippen LogP contribution in [0.3, 0.4) is 0 Å². The Morgan fingerprint density at radius 2 is 2.05 bits per heavy atom. The molecule has 0 fully saturated rings. The van der Waals surface area contributed by atoms with Gasteiger partial charge in [-0.3, -0.25) is 4.79 Å². The molecule has 0 atom stereocenters. The Morgan fingerprint density at radius 3 is 2.68 bits per heavy atom. The third kappa shape index (κ3) is 3.58. The van der Waals surface area contributed by atoms with E-state index < -0.39 is 0 Å². The molecule has 98 valence electrons. The summed E-state index contributed by atoms with van der Waals surface area (Å²) in [6.45, 7) is 2.22. The predicted octanol–water partition coefficient (Wildman–Crippen LogP) is 3.85. The molecule has 0 bridgehead atoms. The molecule has 0 saturated carbocycles. The van der Waals surface area contributed by atoms with E-state index in [9.17, 15) is 4.79 Å². The fraction of sp³-hybridized carbons (Fsp3) is 0.133. The molecule has 4 heteroatoms. The van der Waals surface area contributed by atoms with Crippen LogP contribution in [-0.4, -0.2) is 5.78 Å². The minimum Gasteiger partial charge on any atom is -0.398 e. The van der Waals surface area contributed by atoms with Crippen molar-refractivity contribution >= 4 is 33.1 Å². The van der Waals surface area contributed by atoms with Gasteiger partial charge in [-0.05, 0) is 42.8 Å². The molecule has 0 aliphatic rings. The average Bonchev–Trinajstić information content (AvgIpc) is 2.36. The summed E-state index contributed by atoms with van der Waals surface area (Å²) < 4.78 is 1.05. The van der Waals surface area contributed by atoms with Crippen molar-refractivity contribution in [2.24, 2.45) is 0 Å². The summed E-state index contributed by atoms with van der Waals surface area (Å²) in [5.74, 6) is -0.0176. The number of ketones is 1. The van der Waals surface area contributed by atoms with Crippen LogP contribution in [0.15, 0.2) is 46.9 Å². The number of anilines is 2. The molecular weight excluding hydrogens is 304 g/mol. The van der Waals surface area contributed by atoms with E-state index >= 15 is 0 Å². The van der Waals surface area contributed by atoms with E-state index in [1.807, 2.05) is 24.3 Å². The van der Waals surface area contributed by atoms with Gasteiger partial charge >= 0.3 is 0 Å². The van der Waals surface area contributed by atoms with Crippen LogP contribution in [0.25, 0.3) is 0 Å². The molecule has 0 aliphatic heterocycles. The molecule has 19 heavy (non-hydrogen) atoms. The summed E-state index contributed by atoms with van der Waals surface area (Å²) in [5.41, 5.74) is 8.99. The third-order valence-electron chi connectivity index (χ3n) is 2.82. The number of carbonyl (C=O) groups is 1. The van der Waals surface area contributed by atoms with E-state index in [0.29, 0.717) is 17.8 Å². The zero-order valence-electron chi connectivity index (χ0n) is 10.6. The smallest absolute Gasteiger partial charge is 0.161 e. The molecule has 0 saturated heterocycles. The van der Waals surface area contributed by atoms with Crippen LogP contribution >= 0.6 is 15.9 Å². The number of hydrogen-bond acceptors (Lipinski definition) is 3. The van der Waals surface area contributed by atoms with E-state index in [1.54, 1.807) is 12.1 Å².